The molecule has 1 heterocycles. The molecule has 0 saturated carbocycles. The Bertz CT molecular complexity index is 525. The van der Waals surface area contributed by atoms with Crippen molar-refractivity contribution in [3.05, 3.63) is 24.3 Å². The van der Waals surface area contributed by atoms with Crippen molar-refractivity contribution in [3.8, 4) is 6.07 Å². The second kappa shape index (κ2) is 5.70. The molecule has 0 radical (unpaired) electrons. The Morgan fingerprint density at radius 2 is 2.24 bits per heavy atom. The quantitative estimate of drug-likeness (QED) is 0.741. The van der Waals surface area contributed by atoms with E-state index in [1.54, 1.807) is 13.0 Å². The molecule has 0 N–H and O–H groups in total. The molecule has 7 heteroatoms. The normalized spacial score (nSPS) is 11.4. The predicted molar refractivity (Wildman–Crippen MR) is 58.9 cm³/mol. The van der Waals surface area contributed by atoms with Gasteiger partial charge in [-0.3, -0.25) is 4.98 Å². The van der Waals surface area contributed by atoms with Crippen LogP contribution in [0.4, 0.5) is 4.39 Å². The molecule has 92 valence electrons. The zero-order valence-corrected chi connectivity index (χ0v) is 10.1. The topological polar surface area (TPSA) is 74.1 Å². The molecule has 0 amide bonds. The first-order valence-electron chi connectivity index (χ1n) is 5.00. The fourth-order valence-electron chi connectivity index (χ4n) is 1.29. The van der Waals surface area contributed by atoms with Crippen molar-refractivity contribution in [1.82, 2.24) is 9.29 Å². The third kappa shape index (κ3) is 3.22. The van der Waals surface area contributed by atoms with E-state index in [9.17, 15) is 12.8 Å². The van der Waals surface area contributed by atoms with Crippen LogP contribution in [0.15, 0.2) is 23.4 Å². The van der Waals surface area contributed by atoms with Gasteiger partial charge in [0.1, 0.15) is 17.3 Å². The summed E-state index contributed by atoms with van der Waals surface area (Å²) in [6, 6.07) is 2.67. The number of rotatable bonds is 5. The summed E-state index contributed by atoms with van der Waals surface area (Å²) in [6.07, 6.45) is 2.57. The van der Waals surface area contributed by atoms with Crippen LogP contribution in [0.2, 0.25) is 0 Å². The summed E-state index contributed by atoms with van der Waals surface area (Å²) in [4.78, 5) is 3.25. The van der Waals surface area contributed by atoms with Crippen LogP contribution in [0.5, 0.6) is 0 Å². The summed E-state index contributed by atoms with van der Waals surface area (Å²) < 4.78 is 38.0. The molecule has 1 aromatic heterocycles. The van der Waals surface area contributed by atoms with Crippen molar-refractivity contribution in [2.24, 2.45) is 0 Å². The van der Waals surface area contributed by atoms with Crippen molar-refractivity contribution in [1.29, 1.82) is 5.26 Å². The van der Waals surface area contributed by atoms with E-state index in [-0.39, 0.29) is 18.0 Å². The minimum atomic E-state index is -3.84. The van der Waals surface area contributed by atoms with Crippen molar-refractivity contribution < 1.29 is 12.8 Å². The molecule has 0 aliphatic heterocycles. The molecular formula is C10H12FN3O2S. The molecule has 1 rings (SSSR count). The second-order valence-electron chi connectivity index (χ2n) is 3.34. The third-order valence-corrected chi connectivity index (χ3v) is 3.85. The molecule has 0 saturated heterocycles. The van der Waals surface area contributed by atoms with Crippen molar-refractivity contribution in [2.45, 2.75) is 18.2 Å². The third-order valence-electron chi connectivity index (χ3n) is 2.04. The fourth-order valence-corrected chi connectivity index (χ4v) is 2.70. The molecule has 0 bridgehead atoms. The lowest BCUT2D eigenvalue weighted by Gasteiger charge is -2.18. The van der Waals surface area contributed by atoms with Gasteiger partial charge in [0, 0.05) is 12.7 Å². The van der Waals surface area contributed by atoms with Crippen LogP contribution >= 0.6 is 0 Å². The Kier molecular flexibility index (Phi) is 4.54. The van der Waals surface area contributed by atoms with E-state index >= 15 is 0 Å². The number of nitrogens with zero attached hydrogens (tertiary/aromatic N) is 3. The van der Waals surface area contributed by atoms with Crippen LogP contribution in [0, 0.1) is 17.1 Å². The van der Waals surface area contributed by atoms with Crippen molar-refractivity contribution in [3.63, 3.8) is 0 Å². The Labute approximate surface area is 99.6 Å². The highest BCUT2D eigenvalue weighted by atomic mass is 32.2. The average molecular weight is 257 g/mol. The van der Waals surface area contributed by atoms with Crippen LogP contribution < -0.4 is 0 Å². The van der Waals surface area contributed by atoms with Gasteiger partial charge in [0.15, 0.2) is 0 Å². The van der Waals surface area contributed by atoms with Gasteiger partial charge in [0.25, 0.3) is 0 Å². The average Bonchev–Trinajstić information content (AvgIpc) is 2.29. The summed E-state index contributed by atoms with van der Waals surface area (Å²) in [7, 11) is -3.84. The zero-order valence-electron chi connectivity index (χ0n) is 9.30. The lowest BCUT2D eigenvalue weighted by molar-refractivity contribution is 0.443. The highest BCUT2D eigenvalue weighted by Gasteiger charge is 2.24. The first-order valence-corrected chi connectivity index (χ1v) is 6.44. The maximum absolute atomic E-state index is 12.9. The number of hydrogen-bond acceptors (Lipinski definition) is 4. The van der Waals surface area contributed by atoms with Gasteiger partial charge in [-0.15, -0.1) is 0 Å². The van der Waals surface area contributed by atoms with E-state index in [0.29, 0.717) is 6.42 Å². The first-order chi connectivity index (χ1) is 8.02. The molecule has 0 spiro atoms. The maximum atomic E-state index is 12.9. The molecule has 17 heavy (non-hydrogen) atoms. The molecule has 0 aromatic carbocycles. The van der Waals surface area contributed by atoms with Gasteiger partial charge in [-0.1, -0.05) is 6.92 Å². The Morgan fingerprint density at radius 1 is 1.53 bits per heavy atom. The van der Waals surface area contributed by atoms with Crippen LogP contribution in [0.1, 0.15) is 13.3 Å². The van der Waals surface area contributed by atoms with E-state index in [1.807, 2.05) is 0 Å². The SMILES string of the molecule is CCCN(CC#N)S(=O)(=O)c1cncc(F)c1. The minimum absolute atomic E-state index is 0.215. The number of halogens is 1. The van der Waals surface area contributed by atoms with Gasteiger partial charge >= 0.3 is 0 Å². The van der Waals surface area contributed by atoms with Gasteiger partial charge in [-0.05, 0) is 12.5 Å². The number of hydrogen-bond donors (Lipinski definition) is 0. The minimum Gasteiger partial charge on any atom is -0.260 e. The summed E-state index contributed by atoms with van der Waals surface area (Å²) in [6.45, 7) is 1.75. The van der Waals surface area contributed by atoms with Crippen LogP contribution in [-0.4, -0.2) is 30.8 Å². The smallest absolute Gasteiger partial charge is 0.245 e. The van der Waals surface area contributed by atoms with Gasteiger partial charge in [0.05, 0.1) is 12.3 Å². The lowest BCUT2D eigenvalue weighted by atomic mass is 10.5. The van der Waals surface area contributed by atoms with Crippen LogP contribution in [0.25, 0.3) is 0 Å². The van der Waals surface area contributed by atoms with Crippen molar-refractivity contribution in [2.75, 3.05) is 13.1 Å². The monoisotopic (exact) mass is 257 g/mol. The highest BCUT2D eigenvalue weighted by Crippen LogP contribution is 2.15. The summed E-state index contributed by atoms with van der Waals surface area (Å²) in [5.41, 5.74) is 0. The summed E-state index contributed by atoms with van der Waals surface area (Å²) in [5.74, 6) is -0.723. The largest absolute Gasteiger partial charge is 0.260 e. The molecule has 1 aromatic rings. The molecule has 0 aliphatic carbocycles. The standard InChI is InChI=1S/C10H12FN3O2S/c1-2-4-14(5-3-12)17(15,16)10-6-9(11)7-13-8-10/h6-8H,2,4-5H2,1H3. The number of nitriles is 1. The summed E-state index contributed by atoms with van der Waals surface area (Å²) in [5, 5.41) is 8.58. The maximum Gasteiger partial charge on any atom is 0.245 e. The highest BCUT2D eigenvalue weighted by molar-refractivity contribution is 7.89. The molecule has 0 fully saturated rings. The lowest BCUT2D eigenvalue weighted by Crippen LogP contribution is -2.32. The second-order valence-corrected chi connectivity index (χ2v) is 5.27. The van der Waals surface area contributed by atoms with E-state index in [0.717, 1.165) is 22.8 Å². The fraction of sp³-hybridized carbons (Fsp3) is 0.400. The summed E-state index contributed by atoms with van der Waals surface area (Å²) >= 11 is 0. The number of aromatic nitrogens is 1. The van der Waals surface area contributed by atoms with Crippen molar-refractivity contribution >= 4 is 10.0 Å². The zero-order chi connectivity index (χ0) is 12.9. The molecular weight excluding hydrogens is 245 g/mol. The predicted octanol–water partition coefficient (Wildman–Crippen LogP) is 1.14. The Morgan fingerprint density at radius 3 is 2.76 bits per heavy atom. The van der Waals surface area contributed by atoms with Gasteiger partial charge < -0.3 is 0 Å². The van der Waals surface area contributed by atoms with Crippen LogP contribution in [-0.2, 0) is 10.0 Å². The van der Waals surface area contributed by atoms with E-state index in [4.69, 9.17) is 5.26 Å². The molecule has 0 atom stereocenters. The van der Waals surface area contributed by atoms with Gasteiger partial charge in [-0.2, -0.15) is 9.57 Å². The van der Waals surface area contributed by atoms with Gasteiger partial charge in [0.2, 0.25) is 10.0 Å². The van der Waals surface area contributed by atoms with E-state index in [2.05, 4.69) is 4.98 Å². The van der Waals surface area contributed by atoms with E-state index < -0.39 is 15.8 Å². The molecule has 0 aliphatic rings. The Balaban J connectivity index is 3.12. The number of sulfonamides is 1. The first kappa shape index (κ1) is 13.5. The van der Waals surface area contributed by atoms with Gasteiger partial charge in [-0.25, -0.2) is 12.8 Å². The molecule has 5 nitrogen and oxygen atoms in total. The van der Waals surface area contributed by atoms with E-state index in [1.165, 1.54) is 0 Å². The Hall–Kier alpha value is -1.52. The molecule has 0 unspecified atom stereocenters. The van der Waals surface area contributed by atoms with Crippen LogP contribution in [0.3, 0.4) is 0 Å². The number of pyridine rings is 1.